The third-order valence-corrected chi connectivity index (χ3v) is 1.75. The Bertz CT molecular complexity index is 306. The maximum Gasteiger partial charge on any atom is 0.213 e. The fourth-order valence-corrected chi connectivity index (χ4v) is 1.03. The van der Waals surface area contributed by atoms with Crippen LogP contribution in [0.25, 0.3) is 0 Å². The second kappa shape index (κ2) is 5.67. The van der Waals surface area contributed by atoms with Gasteiger partial charge in [0.15, 0.2) is 5.79 Å². The molecule has 0 aliphatic heterocycles. The van der Waals surface area contributed by atoms with E-state index in [4.69, 9.17) is 15.2 Å². The first-order valence-electron chi connectivity index (χ1n) is 5.18. The van der Waals surface area contributed by atoms with E-state index >= 15 is 0 Å². The van der Waals surface area contributed by atoms with Crippen LogP contribution < -0.4 is 10.5 Å². The molecule has 0 aromatic carbocycles. The number of hydrogen-bond acceptors (Lipinski definition) is 5. The van der Waals surface area contributed by atoms with E-state index in [9.17, 15) is 5.11 Å². The van der Waals surface area contributed by atoms with Gasteiger partial charge < -0.3 is 20.3 Å². The molecule has 5 nitrogen and oxygen atoms in total. The summed E-state index contributed by atoms with van der Waals surface area (Å²) >= 11 is 0. The predicted molar refractivity (Wildman–Crippen MR) is 61.0 cm³/mol. The number of aromatic nitrogens is 1. The average Bonchev–Trinajstić information content (AvgIpc) is 2.19. The summed E-state index contributed by atoms with van der Waals surface area (Å²) in [6, 6.07) is 3.45. The summed E-state index contributed by atoms with van der Waals surface area (Å²) in [5.41, 5.74) is 6.09. The second-order valence-corrected chi connectivity index (χ2v) is 3.93. The molecular weight excluding hydrogens is 208 g/mol. The maximum absolute atomic E-state index is 9.28. The van der Waals surface area contributed by atoms with E-state index in [1.165, 1.54) is 0 Å². The Balaban J connectivity index is 2.14. The molecule has 1 heterocycles. The first kappa shape index (κ1) is 12.7. The Morgan fingerprint density at radius 1 is 1.38 bits per heavy atom. The number of nitrogens with two attached hydrogens (primary N) is 1. The van der Waals surface area contributed by atoms with Gasteiger partial charge in [-0.1, -0.05) is 0 Å². The van der Waals surface area contributed by atoms with Crippen LogP contribution in [-0.4, -0.2) is 29.1 Å². The van der Waals surface area contributed by atoms with Crippen molar-refractivity contribution in [3.63, 3.8) is 0 Å². The van der Waals surface area contributed by atoms with Crippen LogP contribution in [0.1, 0.15) is 20.3 Å². The molecule has 0 fully saturated rings. The quantitative estimate of drug-likeness (QED) is 0.562. The van der Waals surface area contributed by atoms with Crippen LogP contribution in [0.5, 0.6) is 5.88 Å². The molecule has 1 aromatic heterocycles. The van der Waals surface area contributed by atoms with Crippen molar-refractivity contribution in [1.82, 2.24) is 4.98 Å². The van der Waals surface area contributed by atoms with Crippen molar-refractivity contribution in [3.8, 4) is 5.88 Å². The molecule has 0 bridgehead atoms. The highest BCUT2D eigenvalue weighted by molar-refractivity contribution is 5.35. The van der Waals surface area contributed by atoms with Gasteiger partial charge in [0, 0.05) is 12.5 Å². The highest BCUT2D eigenvalue weighted by Crippen LogP contribution is 2.09. The van der Waals surface area contributed by atoms with E-state index in [1.807, 2.05) is 0 Å². The molecule has 5 heteroatoms. The zero-order valence-electron chi connectivity index (χ0n) is 9.64. The minimum Gasteiger partial charge on any atom is -0.478 e. The smallest absolute Gasteiger partial charge is 0.213 e. The predicted octanol–water partition coefficient (Wildman–Crippen LogP) is 1.18. The number of nitrogen functional groups attached to an aromatic ring is 1. The van der Waals surface area contributed by atoms with Crippen LogP contribution in [0, 0.1) is 0 Å². The normalized spacial score (nSPS) is 11.4. The number of nitrogens with zero attached hydrogens (tertiary/aromatic N) is 1. The summed E-state index contributed by atoms with van der Waals surface area (Å²) in [5, 5.41) is 9.28. The SMILES string of the molecule is CC(C)(O)OCCCOc1ccc(N)cn1. The number of pyridine rings is 1. The van der Waals surface area contributed by atoms with Crippen LogP contribution in [0.15, 0.2) is 18.3 Å². The molecule has 0 saturated carbocycles. The van der Waals surface area contributed by atoms with Gasteiger partial charge in [-0.2, -0.15) is 0 Å². The summed E-state index contributed by atoms with van der Waals surface area (Å²) in [7, 11) is 0. The molecule has 0 aliphatic carbocycles. The van der Waals surface area contributed by atoms with Crippen LogP contribution >= 0.6 is 0 Å². The van der Waals surface area contributed by atoms with E-state index in [-0.39, 0.29) is 0 Å². The molecule has 90 valence electrons. The fraction of sp³-hybridized carbons (Fsp3) is 0.545. The molecule has 0 aliphatic rings. The average molecular weight is 226 g/mol. The first-order valence-corrected chi connectivity index (χ1v) is 5.18. The lowest BCUT2D eigenvalue weighted by Gasteiger charge is -2.17. The minimum atomic E-state index is -1.08. The number of ether oxygens (including phenoxy) is 2. The summed E-state index contributed by atoms with van der Waals surface area (Å²) < 4.78 is 10.5. The molecule has 0 unspecified atom stereocenters. The molecule has 3 N–H and O–H groups in total. The van der Waals surface area contributed by atoms with Gasteiger partial charge in [0.1, 0.15) is 0 Å². The standard InChI is InChI=1S/C11H18N2O3/c1-11(2,14)16-7-3-6-15-10-5-4-9(12)8-13-10/h4-5,8,14H,3,6-7,12H2,1-2H3. The number of aliphatic hydroxyl groups is 1. The molecular formula is C11H18N2O3. The van der Waals surface area contributed by atoms with Gasteiger partial charge in [0.05, 0.1) is 25.1 Å². The molecule has 16 heavy (non-hydrogen) atoms. The van der Waals surface area contributed by atoms with Crippen molar-refractivity contribution in [2.24, 2.45) is 0 Å². The summed E-state index contributed by atoms with van der Waals surface area (Å²) in [4.78, 5) is 3.99. The van der Waals surface area contributed by atoms with Crippen molar-refractivity contribution < 1.29 is 14.6 Å². The second-order valence-electron chi connectivity index (χ2n) is 3.93. The third kappa shape index (κ3) is 5.53. The highest BCUT2D eigenvalue weighted by Gasteiger charge is 2.11. The van der Waals surface area contributed by atoms with Crippen molar-refractivity contribution in [2.75, 3.05) is 18.9 Å². The Labute approximate surface area is 95.2 Å². The fourth-order valence-electron chi connectivity index (χ4n) is 1.03. The van der Waals surface area contributed by atoms with Crippen LogP contribution in [0.4, 0.5) is 5.69 Å². The van der Waals surface area contributed by atoms with Crippen LogP contribution in [-0.2, 0) is 4.74 Å². The lowest BCUT2D eigenvalue weighted by molar-refractivity contribution is -0.176. The van der Waals surface area contributed by atoms with Gasteiger partial charge in [-0.25, -0.2) is 4.98 Å². The van der Waals surface area contributed by atoms with E-state index in [2.05, 4.69) is 4.98 Å². The Kier molecular flexibility index (Phi) is 4.52. The van der Waals surface area contributed by atoms with Gasteiger partial charge in [0.25, 0.3) is 0 Å². The Hall–Kier alpha value is -1.33. The third-order valence-electron chi connectivity index (χ3n) is 1.75. The van der Waals surface area contributed by atoms with Gasteiger partial charge in [-0.3, -0.25) is 0 Å². The lowest BCUT2D eigenvalue weighted by Crippen LogP contribution is -2.24. The van der Waals surface area contributed by atoms with E-state index in [0.29, 0.717) is 31.2 Å². The van der Waals surface area contributed by atoms with Crippen LogP contribution in [0.3, 0.4) is 0 Å². The monoisotopic (exact) mass is 226 g/mol. The number of anilines is 1. The lowest BCUT2D eigenvalue weighted by atomic mass is 10.4. The number of rotatable bonds is 6. The summed E-state index contributed by atoms with van der Waals surface area (Å²) in [6.07, 6.45) is 2.23. The molecule has 0 amide bonds. The number of hydrogen-bond donors (Lipinski definition) is 2. The zero-order chi connectivity index (χ0) is 12.0. The first-order chi connectivity index (χ1) is 7.47. The molecule has 1 rings (SSSR count). The molecule has 0 saturated heterocycles. The maximum atomic E-state index is 9.28. The Morgan fingerprint density at radius 3 is 2.69 bits per heavy atom. The Morgan fingerprint density at radius 2 is 2.12 bits per heavy atom. The zero-order valence-corrected chi connectivity index (χ0v) is 9.64. The van der Waals surface area contributed by atoms with Gasteiger partial charge in [-0.15, -0.1) is 0 Å². The van der Waals surface area contributed by atoms with E-state index < -0.39 is 5.79 Å². The van der Waals surface area contributed by atoms with Crippen molar-refractivity contribution in [2.45, 2.75) is 26.1 Å². The van der Waals surface area contributed by atoms with Crippen molar-refractivity contribution in [3.05, 3.63) is 18.3 Å². The summed E-state index contributed by atoms with van der Waals surface area (Å²) in [6.45, 7) is 4.12. The van der Waals surface area contributed by atoms with Crippen LogP contribution in [0.2, 0.25) is 0 Å². The molecule has 0 radical (unpaired) electrons. The minimum absolute atomic E-state index is 0.443. The van der Waals surface area contributed by atoms with E-state index in [0.717, 1.165) is 0 Å². The highest BCUT2D eigenvalue weighted by atomic mass is 16.6. The van der Waals surface area contributed by atoms with E-state index in [1.54, 1.807) is 32.2 Å². The van der Waals surface area contributed by atoms with Gasteiger partial charge in [0.2, 0.25) is 5.88 Å². The van der Waals surface area contributed by atoms with Gasteiger partial charge >= 0.3 is 0 Å². The molecule has 0 spiro atoms. The van der Waals surface area contributed by atoms with Crippen molar-refractivity contribution >= 4 is 5.69 Å². The topological polar surface area (TPSA) is 77.6 Å². The summed E-state index contributed by atoms with van der Waals surface area (Å²) in [5.74, 6) is -0.545. The molecule has 1 aromatic rings. The van der Waals surface area contributed by atoms with Gasteiger partial charge in [-0.05, 0) is 19.9 Å². The molecule has 0 atom stereocenters. The largest absolute Gasteiger partial charge is 0.478 e. The van der Waals surface area contributed by atoms with Crippen molar-refractivity contribution in [1.29, 1.82) is 0 Å².